The fraction of sp³-hybridized carbons (Fsp3) is 0.822. The lowest BCUT2D eigenvalue weighted by Crippen LogP contribution is -2.40. The average molecular weight is 818 g/mol. The molecule has 0 saturated carbocycles. The smallest absolute Gasteiger partial charge is 0.306 e. The Morgan fingerprint density at radius 1 is 0.586 bits per heavy atom. The van der Waals surface area contributed by atoms with Gasteiger partial charge < -0.3 is 28.4 Å². The minimum atomic E-state index is -0.768. The first-order valence-electron chi connectivity index (χ1n) is 22.9. The second-order valence-corrected chi connectivity index (χ2v) is 15.9. The van der Waals surface area contributed by atoms with E-state index in [9.17, 15) is 19.2 Å². The molecule has 13 nitrogen and oxygen atoms in total. The summed E-state index contributed by atoms with van der Waals surface area (Å²) in [4.78, 5) is 52.6. The number of ether oxygens (including phenoxy) is 6. The van der Waals surface area contributed by atoms with Crippen LogP contribution in [-0.2, 0) is 42.9 Å². The fourth-order valence-corrected chi connectivity index (χ4v) is 7.69. The molecule has 1 saturated heterocycles. The predicted octanol–water partition coefficient (Wildman–Crippen LogP) is 9.52. The summed E-state index contributed by atoms with van der Waals surface area (Å²) in [6.07, 6.45) is 27.2. The van der Waals surface area contributed by atoms with Gasteiger partial charge in [-0.25, -0.2) is 0 Å². The topological polar surface area (TPSA) is 165 Å². The van der Waals surface area contributed by atoms with E-state index in [1.54, 1.807) is 16.8 Å². The second-order valence-electron chi connectivity index (χ2n) is 15.9. The van der Waals surface area contributed by atoms with Crippen LogP contribution in [0, 0.1) is 5.41 Å². The van der Waals surface area contributed by atoms with Crippen LogP contribution in [0.1, 0.15) is 200 Å². The molecule has 3 rings (SSSR count). The number of esters is 4. The molecule has 58 heavy (non-hydrogen) atoms. The maximum Gasteiger partial charge on any atom is 0.306 e. The molecule has 0 radical (unpaired) electrons. The molecule has 0 unspecified atom stereocenters. The van der Waals surface area contributed by atoms with Crippen molar-refractivity contribution >= 4 is 23.9 Å². The first-order chi connectivity index (χ1) is 28.3. The van der Waals surface area contributed by atoms with E-state index in [2.05, 4.69) is 4.98 Å². The van der Waals surface area contributed by atoms with Gasteiger partial charge in [-0.15, -0.1) is 0 Å². The lowest BCUT2D eigenvalue weighted by Gasteiger charge is -2.22. The Labute approximate surface area is 347 Å². The maximum absolute atomic E-state index is 13.0. The number of nitrogens with one attached hydrogen (secondary N) is 1. The Balaban J connectivity index is 1.23. The highest BCUT2D eigenvalue weighted by Crippen LogP contribution is 2.40. The van der Waals surface area contributed by atoms with Crippen molar-refractivity contribution in [2.45, 2.75) is 218 Å². The van der Waals surface area contributed by atoms with Crippen LogP contribution in [0.15, 0.2) is 12.3 Å². The SMILES string of the molecule is CCOC(=O)CCCCCCCCCCCCCCC(=O)OC[C@H]1O[C@@H]2[C@H](Oc3nc(=N)ccn32)[C@@H]1OC(=O)CCCCCCCCCCCCCCC(=O)OCC. The summed E-state index contributed by atoms with van der Waals surface area (Å²) in [6, 6.07) is 1.79. The number of fused-ring (bicyclic) bond motifs is 3. The van der Waals surface area contributed by atoms with Gasteiger partial charge >= 0.3 is 29.9 Å². The van der Waals surface area contributed by atoms with Gasteiger partial charge in [0.15, 0.2) is 23.9 Å². The van der Waals surface area contributed by atoms with Crippen LogP contribution in [0.5, 0.6) is 6.01 Å². The highest BCUT2D eigenvalue weighted by Gasteiger charge is 2.54. The van der Waals surface area contributed by atoms with Crippen LogP contribution >= 0.6 is 0 Å². The summed E-state index contributed by atoms with van der Waals surface area (Å²) in [5.41, 5.74) is 0.0664. The maximum atomic E-state index is 13.0. The minimum Gasteiger partial charge on any atom is -0.466 e. The van der Waals surface area contributed by atoms with Crippen molar-refractivity contribution in [1.82, 2.24) is 9.55 Å². The third kappa shape index (κ3) is 20.5. The van der Waals surface area contributed by atoms with Gasteiger partial charge in [-0.1, -0.05) is 128 Å². The van der Waals surface area contributed by atoms with Gasteiger partial charge in [-0.2, -0.15) is 4.98 Å². The van der Waals surface area contributed by atoms with Crippen LogP contribution in [0.25, 0.3) is 0 Å². The van der Waals surface area contributed by atoms with Crippen LogP contribution in [0.3, 0.4) is 0 Å². The molecule has 0 amide bonds. The van der Waals surface area contributed by atoms with Crippen molar-refractivity contribution < 1.29 is 47.6 Å². The molecular weight excluding hydrogens is 743 g/mol. The molecule has 0 bridgehead atoms. The molecule has 2 aliphatic rings. The van der Waals surface area contributed by atoms with E-state index in [-0.39, 0.29) is 42.0 Å². The Kier molecular flexibility index (Phi) is 25.7. The molecular formula is C45H75N3O10. The molecule has 0 aromatic carbocycles. The van der Waals surface area contributed by atoms with E-state index >= 15 is 0 Å². The number of carbonyl (C=O) groups is 4. The highest BCUT2D eigenvalue weighted by molar-refractivity contribution is 5.70. The van der Waals surface area contributed by atoms with Gasteiger partial charge in [0.2, 0.25) is 0 Å². The lowest BCUT2D eigenvalue weighted by atomic mass is 10.0. The normalized spacial score (nSPS) is 18.0. The molecule has 330 valence electrons. The molecule has 4 atom stereocenters. The van der Waals surface area contributed by atoms with Gasteiger partial charge in [0, 0.05) is 31.9 Å². The summed E-state index contributed by atoms with van der Waals surface area (Å²) in [6.45, 7) is 4.56. The summed E-state index contributed by atoms with van der Waals surface area (Å²) < 4.78 is 35.5. The monoisotopic (exact) mass is 818 g/mol. The molecule has 0 spiro atoms. The first-order valence-corrected chi connectivity index (χ1v) is 22.9. The zero-order valence-electron chi connectivity index (χ0n) is 35.9. The van der Waals surface area contributed by atoms with Crippen molar-refractivity contribution in [3.05, 3.63) is 17.8 Å². The highest BCUT2D eigenvalue weighted by atomic mass is 16.7. The molecule has 1 fully saturated rings. The largest absolute Gasteiger partial charge is 0.466 e. The second kappa shape index (κ2) is 30.5. The molecule has 2 aliphatic heterocycles. The third-order valence-electron chi connectivity index (χ3n) is 10.9. The van der Waals surface area contributed by atoms with Gasteiger partial charge in [0.05, 0.1) is 13.2 Å². The Hall–Kier alpha value is -3.48. The van der Waals surface area contributed by atoms with Crippen LogP contribution in [-0.4, -0.2) is 71.6 Å². The number of rotatable bonds is 35. The van der Waals surface area contributed by atoms with Crippen LogP contribution in [0.4, 0.5) is 0 Å². The minimum absolute atomic E-state index is 0.0339. The molecule has 1 N–H and O–H groups in total. The number of hydrogen-bond donors (Lipinski definition) is 1. The van der Waals surface area contributed by atoms with E-state index in [0.29, 0.717) is 38.9 Å². The summed E-state index contributed by atoms with van der Waals surface area (Å²) in [7, 11) is 0. The molecule has 3 heterocycles. The van der Waals surface area contributed by atoms with Gasteiger partial charge in [-0.3, -0.25) is 29.2 Å². The number of aromatic nitrogens is 2. The summed E-state index contributed by atoms with van der Waals surface area (Å²) in [5.74, 6) is -0.784. The van der Waals surface area contributed by atoms with Gasteiger partial charge in [-0.05, 0) is 45.6 Å². The first kappa shape index (κ1) is 48.9. The summed E-state index contributed by atoms with van der Waals surface area (Å²) in [5, 5.41) is 7.86. The number of nitrogens with zero attached hydrogens (tertiary/aromatic N) is 2. The number of carbonyl (C=O) groups excluding carboxylic acids is 4. The Morgan fingerprint density at radius 3 is 1.38 bits per heavy atom. The van der Waals surface area contributed by atoms with Crippen LogP contribution < -0.4 is 10.2 Å². The zero-order valence-corrected chi connectivity index (χ0v) is 35.9. The lowest BCUT2D eigenvalue weighted by molar-refractivity contribution is -0.160. The van der Waals surface area contributed by atoms with E-state index in [0.717, 1.165) is 70.6 Å². The molecule has 1 aromatic heterocycles. The quantitative estimate of drug-likeness (QED) is 0.0394. The summed E-state index contributed by atoms with van der Waals surface area (Å²) >= 11 is 0. The van der Waals surface area contributed by atoms with E-state index in [1.807, 2.05) is 13.8 Å². The number of hydrogen-bond acceptors (Lipinski definition) is 12. The Bertz CT molecular complexity index is 1370. The molecule has 0 aliphatic carbocycles. The zero-order chi connectivity index (χ0) is 41.6. The third-order valence-corrected chi connectivity index (χ3v) is 10.9. The van der Waals surface area contributed by atoms with E-state index in [1.165, 1.54) is 83.5 Å². The van der Waals surface area contributed by atoms with Crippen molar-refractivity contribution in [2.24, 2.45) is 0 Å². The molecule has 1 aromatic rings. The van der Waals surface area contributed by atoms with Gasteiger partial charge in [0.1, 0.15) is 12.7 Å². The van der Waals surface area contributed by atoms with Crippen molar-refractivity contribution in [2.75, 3.05) is 19.8 Å². The standard InChI is InChI=1S/C45H75N3O10/c1-3-53-38(49)29-25-21-17-13-9-5-6-11-15-19-23-27-31-40(51)55-35-36-42(43-44(56-36)48-34-33-37(46)47-45(48)58-43)57-41(52)32-28-24-20-16-12-8-7-10-14-18-22-26-30-39(50)54-4-2/h33-34,36,42-44,46H,3-32,35H2,1-2H3/t36-,42-,43-,44-/m1/s1. The van der Waals surface area contributed by atoms with Gasteiger partial charge in [0.25, 0.3) is 0 Å². The average Bonchev–Trinajstić information content (AvgIpc) is 3.72. The fourth-order valence-electron chi connectivity index (χ4n) is 7.69. The van der Waals surface area contributed by atoms with E-state index < -0.39 is 24.5 Å². The molecule has 13 heteroatoms. The van der Waals surface area contributed by atoms with Crippen molar-refractivity contribution in [1.29, 1.82) is 5.41 Å². The van der Waals surface area contributed by atoms with Crippen LogP contribution in [0.2, 0.25) is 0 Å². The van der Waals surface area contributed by atoms with Crippen molar-refractivity contribution in [3.63, 3.8) is 0 Å². The van der Waals surface area contributed by atoms with E-state index in [4.69, 9.17) is 33.8 Å². The predicted molar refractivity (Wildman–Crippen MR) is 220 cm³/mol. The van der Waals surface area contributed by atoms with Crippen molar-refractivity contribution in [3.8, 4) is 6.01 Å². The number of unbranched alkanes of at least 4 members (excludes halogenated alkanes) is 22. The Morgan fingerprint density at radius 2 is 0.966 bits per heavy atom.